The van der Waals surface area contributed by atoms with Gasteiger partial charge < -0.3 is 25.0 Å². The monoisotopic (exact) mass is 638 g/mol. The standard InChI is InChI=1S/C29H31N7O8S/c1-15-18(11-31-21(15)25(39)32-14-30)16-6-8-35(9-7-16)12-17-13-45-27-22(26(40)36(27)23(17)28(41)42)33-24(38)19(34-43-5)10-20(37)44-29(2,3)4/h6-9,11,22,27H,10,12-13H2,1-5H3,(H3,32,33,38,39,41,42)/p+1/b34-19+. The number of pyridine rings is 1. The van der Waals surface area contributed by atoms with Crippen LogP contribution in [0.25, 0.3) is 11.1 Å². The summed E-state index contributed by atoms with van der Waals surface area (Å²) in [6, 6.07) is 2.58. The Labute approximate surface area is 262 Å². The minimum absolute atomic E-state index is 0.153. The van der Waals surface area contributed by atoms with Crippen molar-refractivity contribution < 1.29 is 43.2 Å². The second kappa shape index (κ2) is 13.2. The van der Waals surface area contributed by atoms with Gasteiger partial charge in [-0.15, -0.1) is 11.8 Å². The molecule has 0 bridgehead atoms. The quantitative estimate of drug-likeness (QED) is 0.0551. The SMILES string of the molecule is CO/N=C(\CC(=O)OC(C)(C)C)C(=O)NC1C(=O)N2C(C(=O)O)=C(C[n+]3ccc(-c4c[nH]c(C(=O)NC#N)c4C)cc3)CSC12. The third-order valence-corrected chi connectivity index (χ3v) is 8.18. The smallest absolute Gasteiger partial charge is 0.352 e. The summed E-state index contributed by atoms with van der Waals surface area (Å²) in [5, 5.41) is 26.4. The van der Waals surface area contributed by atoms with Crippen LogP contribution in [0.5, 0.6) is 0 Å². The van der Waals surface area contributed by atoms with Crippen LogP contribution in [0.3, 0.4) is 0 Å². The molecule has 45 heavy (non-hydrogen) atoms. The molecule has 1 saturated heterocycles. The van der Waals surface area contributed by atoms with E-state index >= 15 is 0 Å². The Balaban J connectivity index is 1.46. The molecule has 2 unspecified atom stereocenters. The number of carboxylic acid groups (broad SMARTS) is 1. The first-order valence-corrected chi connectivity index (χ1v) is 14.7. The number of aromatic amines is 1. The molecule has 0 radical (unpaired) electrons. The van der Waals surface area contributed by atoms with Crippen LogP contribution in [0.2, 0.25) is 0 Å². The Kier molecular flexibility index (Phi) is 9.62. The van der Waals surface area contributed by atoms with Crippen LogP contribution < -0.4 is 15.2 Å². The van der Waals surface area contributed by atoms with E-state index in [1.807, 2.05) is 0 Å². The highest BCUT2D eigenvalue weighted by Crippen LogP contribution is 2.40. The molecule has 4 heterocycles. The summed E-state index contributed by atoms with van der Waals surface area (Å²) >= 11 is 1.30. The summed E-state index contributed by atoms with van der Waals surface area (Å²) < 4.78 is 7.00. The van der Waals surface area contributed by atoms with Crippen molar-refractivity contribution in [1.82, 2.24) is 20.5 Å². The number of fused-ring (bicyclic) bond motifs is 1. The van der Waals surface area contributed by atoms with Gasteiger partial charge in [-0.25, -0.2) is 9.36 Å². The number of aromatic nitrogens is 2. The van der Waals surface area contributed by atoms with E-state index in [2.05, 4.69) is 20.8 Å². The Hall–Kier alpha value is -5.17. The number of nitrogens with one attached hydrogen (secondary N) is 3. The number of oxime groups is 1. The molecule has 0 saturated carbocycles. The van der Waals surface area contributed by atoms with Gasteiger partial charge in [0.2, 0.25) is 0 Å². The predicted molar refractivity (Wildman–Crippen MR) is 159 cm³/mol. The number of hydrogen-bond donors (Lipinski definition) is 4. The largest absolute Gasteiger partial charge is 0.477 e. The molecular formula is C29H32N7O8S+. The normalized spacial score (nSPS) is 17.9. The van der Waals surface area contributed by atoms with Crippen molar-refractivity contribution in [2.45, 2.75) is 57.7 Å². The lowest BCUT2D eigenvalue weighted by Gasteiger charge is -2.49. The second-order valence-corrected chi connectivity index (χ2v) is 12.2. The summed E-state index contributed by atoms with van der Waals surface area (Å²) in [5.74, 6) is -3.65. The number of H-pyrrole nitrogens is 1. The number of amides is 3. The van der Waals surface area contributed by atoms with E-state index in [0.29, 0.717) is 11.1 Å². The summed E-state index contributed by atoms with van der Waals surface area (Å²) in [6.45, 7) is 6.97. The molecule has 2 atom stereocenters. The van der Waals surface area contributed by atoms with Crippen molar-refractivity contribution in [3.63, 3.8) is 0 Å². The fraction of sp³-hybridized carbons (Fsp3) is 0.379. The minimum Gasteiger partial charge on any atom is -0.477 e. The number of rotatable bonds is 10. The van der Waals surface area contributed by atoms with Crippen LogP contribution in [0.15, 0.2) is 47.1 Å². The molecule has 16 heteroatoms. The van der Waals surface area contributed by atoms with E-state index in [9.17, 15) is 29.1 Å². The molecule has 0 aromatic carbocycles. The van der Waals surface area contributed by atoms with Crippen LogP contribution in [0.1, 0.15) is 43.2 Å². The second-order valence-electron chi connectivity index (χ2n) is 11.1. The Morgan fingerprint density at radius 3 is 2.56 bits per heavy atom. The number of nitrogens with zero attached hydrogens (tertiary/aromatic N) is 4. The van der Waals surface area contributed by atoms with Crippen molar-refractivity contribution in [1.29, 1.82) is 5.26 Å². The summed E-state index contributed by atoms with van der Waals surface area (Å²) in [4.78, 5) is 71.4. The molecule has 3 amide bonds. The van der Waals surface area contributed by atoms with Gasteiger partial charge in [0, 0.05) is 35.2 Å². The fourth-order valence-corrected chi connectivity index (χ4v) is 6.25. The number of carboxylic acids is 1. The third kappa shape index (κ3) is 7.15. The topological polar surface area (TPSA) is 207 Å². The highest BCUT2D eigenvalue weighted by Gasteiger charge is 2.54. The number of carbonyl (C=O) groups excluding carboxylic acids is 4. The van der Waals surface area contributed by atoms with Crippen molar-refractivity contribution >= 4 is 47.1 Å². The third-order valence-electron chi connectivity index (χ3n) is 6.84. The first kappa shape index (κ1) is 32.7. The maximum absolute atomic E-state index is 13.1. The average Bonchev–Trinajstić information content (AvgIpc) is 3.35. The van der Waals surface area contributed by atoms with Crippen LogP contribution in [0, 0.1) is 18.4 Å². The molecule has 4 N–H and O–H groups in total. The van der Waals surface area contributed by atoms with Gasteiger partial charge in [-0.2, -0.15) is 5.26 Å². The maximum Gasteiger partial charge on any atom is 0.352 e. The Morgan fingerprint density at radius 1 is 1.27 bits per heavy atom. The maximum atomic E-state index is 13.1. The zero-order valence-electron chi connectivity index (χ0n) is 25.2. The van der Waals surface area contributed by atoms with Gasteiger partial charge in [0.05, 0.1) is 6.42 Å². The van der Waals surface area contributed by atoms with Crippen LogP contribution in [0.4, 0.5) is 0 Å². The number of aliphatic carboxylic acids is 1. The molecule has 2 aliphatic rings. The lowest BCUT2D eigenvalue weighted by molar-refractivity contribution is -0.689. The highest BCUT2D eigenvalue weighted by molar-refractivity contribution is 8.00. The van der Waals surface area contributed by atoms with Gasteiger partial charge in [0.1, 0.15) is 35.5 Å². The van der Waals surface area contributed by atoms with Gasteiger partial charge in [-0.1, -0.05) is 5.16 Å². The van der Waals surface area contributed by atoms with E-state index in [4.69, 9.17) is 14.8 Å². The molecule has 4 rings (SSSR count). The summed E-state index contributed by atoms with van der Waals surface area (Å²) in [5.41, 5.74) is 1.76. The molecule has 236 valence electrons. The van der Waals surface area contributed by atoms with Gasteiger partial charge >= 0.3 is 11.9 Å². The Bertz CT molecular complexity index is 1650. The van der Waals surface area contributed by atoms with E-state index in [1.165, 1.54) is 18.9 Å². The first-order valence-electron chi connectivity index (χ1n) is 13.6. The van der Waals surface area contributed by atoms with E-state index in [0.717, 1.165) is 16.0 Å². The molecular weight excluding hydrogens is 606 g/mol. The molecule has 2 aromatic heterocycles. The van der Waals surface area contributed by atoms with Gasteiger partial charge in [0.25, 0.3) is 17.7 Å². The van der Waals surface area contributed by atoms with Crippen LogP contribution in [-0.4, -0.2) is 80.2 Å². The number of esters is 1. The number of carbonyl (C=O) groups is 5. The van der Waals surface area contributed by atoms with Crippen LogP contribution in [-0.2, 0) is 35.3 Å². The molecule has 0 aliphatic carbocycles. The molecule has 15 nitrogen and oxygen atoms in total. The van der Waals surface area contributed by atoms with Crippen molar-refractivity contribution in [3.8, 4) is 17.3 Å². The molecule has 1 fully saturated rings. The van der Waals surface area contributed by atoms with E-state index < -0.39 is 53.1 Å². The van der Waals surface area contributed by atoms with Crippen molar-refractivity contribution in [2.24, 2.45) is 5.16 Å². The van der Waals surface area contributed by atoms with Crippen LogP contribution >= 0.6 is 11.8 Å². The Morgan fingerprint density at radius 2 is 1.96 bits per heavy atom. The van der Waals surface area contributed by atoms with Crippen molar-refractivity contribution in [2.75, 3.05) is 12.9 Å². The highest BCUT2D eigenvalue weighted by atomic mass is 32.2. The molecule has 2 aliphatic heterocycles. The first-order chi connectivity index (χ1) is 21.2. The van der Waals surface area contributed by atoms with Gasteiger partial charge in [-0.05, 0) is 38.8 Å². The predicted octanol–water partition coefficient (Wildman–Crippen LogP) is 0.961. The number of hydrogen-bond acceptors (Lipinski definition) is 10. The fourth-order valence-electron chi connectivity index (χ4n) is 4.92. The van der Waals surface area contributed by atoms with Gasteiger partial charge in [-0.3, -0.25) is 29.4 Å². The number of β-lactam (4-membered cyclic amide) rings is 1. The lowest BCUT2D eigenvalue weighted by Crippen LogP contribution is -2.71. The van der Waals surface area contributed by atoms with E-state index in [1.54, 1.807) is 69.2 Å². The summed E-state index contributed by atoms with van der Waals surface area (Å²) in [6.07, 6.45) is 6.29. The molecule has 2 aromatic rings. The number of ether oxygens (including phenoxy) is 1. The van der Waals surface area contributed by atoms with Crippen molar-refractivity contribution in [3.05, 3.63) is 53.3 Å². The molecule has 0 spiro atoms. The summed E-state index contributed by atoms with van der Waals surface area (Å²) in [7, 11) is 1.21. The lowest BCUT2D eigenvalue weighted by atomic mass is 10.0. The zero-order chi connectivity index (χ0) is 33.1. The zero-order valence-corrected chi connectivity index (χ0v) is 26.0. The van der Waals surface area contributed by atoms with E-state index in [-0.39, 0.29) is 29.4 Å². The number of nitriles is 1. The average molecular weight is 639 g/mol. The van der Waals surface area contributed by atoms with Gasteiger partial charge in [0.15, 0.2) is 30.8 Å². The minimum atomic E-state index is -1.27. The number of thioether (sulfide) groups is 1.